The van der Waals surface area contributed by atoms with Crippen molar-refractivity contribution in [2.75, 3.05) is 13.1 Å². The van der Waals surface area contributed by atoms with Crippen molar-refractivity contribution in [1.29, 1.82) is 0 Å². The molecule has 1 aromatic heterocycles. The number of nitrogens with zero attached hydrogens (tertiary/aromatic N) is 3. The lowest BCUT2D eigenvalue weighted by molar-refractivity contribution is -0.274. The van der Waals surface area contributed by atoms with Crippen molar-refractivity contribution in [3.8, 4) is 5.75 Å². The molecule has 38 heavy (non-hydrogen) atoms. The Bertz CT molecular complexity index is 1470. The van der Waals surface area contributed by atoms with Gasteiger partial charge in [-0.05, 0) is 36.2 Å². The number of fused-ring (bicyclic) bond motifs is 1. The van der Waals surface area contributed by atoms with E-state index in [1.807, 2.05) is 49.6 Å². The van der Waals surface area contributed by atoms with Gasteiger partial charge in [0, 0.05) is 49.2 Å². The Balaban J connectivity index is 1.38. The van der Waals surface area contributed by atoms with Crippen LogP contribution < -0.4 is 10.1 Å². The minimum atomic E-state index is -4.92. The molecule has 0 aliphatic carbocycles. The minimum Gasteiger partial charge on any atom is -0.405 e. The summed E-state index contributed by atoms with van der Waals surface area (Å²) in [4.78, 5) is 28.3. The third-order valence-electron chi connectivity index (χ3n) is 6.67. The van der Waals surface area contributed by atoms with Crippen LogP contribution in [-0.4, -0.2) is 52.0 Å². The van der Waals surface area contributed by atoms with E-state index in [0.29, 0.717) is 25.1 Å². The highest BCUT2D eigenvalue weighted by molar-refractivity contribution is 5.98. The van der Waals surface area contributed by atoms with Gasteiger partial charge >= 0.3 is 6.36 Å². The zero-order chi connectivity index (χ0) is 26.9. The highest BCUT2D eigenvalue weighted by Crippen LogP contribution is 2.31. The maximum atomic E-state index is 13.4. The third-order valence-corrected chi connectivity index (χ3v) is 6.67. The number of nitrogens with one attached hydrogen (secondary N) is 1. The fraction of sp³-hybridized carbons (Fsp3) is 0.250. The molecule has 2 amide bonds. The van der Waals surface area contributed by atoms with Crippen LogP contribution in [0.5, 0.6) is 5.75 Å². The Morgan fingerprint density at radius 1 is 1.03 bits per heavy atom. The van der Waals surface area contributed by atoms with Gasteiger partial charge in [0.15, 0.2) is 0 Å². The average Bonchev–Trinajstić information content (AvgIpc) is 3.27. The van der Waals surface area contributed by atoms with Gasteiger partial charge in [-0.25, -0.2) is 0 Å². The van der Waals surface area contributed by atoms with Crippen LogP contribution in [0.3, 0.4) is 0 Å². The Morgan fingerprint density at radius 3 is 2.53 bits per heavy atom. The number of carbonyl (C=O) groups excluding carboxylic acids is 2. The second-order valence-corrected chi connectivity index (χ2v) is 9.26. The fourth-order valence-electron chi connectivity index (χ4n) is 4.92. The number of aromatic nitrogens is 2. The number of hydrogen-bond acceptors (Lipinski definition) is 4. The van der Waals surface area contributed by atoms with E-state index in [4.69, 9.17) is 0 Å². The van der Waals surface area contributed by atoms with Gasteiger partial charge in [0.05, 0.1) is 11.1 Å². The second-order valence-electron chi connectivity index (χ2n) is 9.26. The SMILES string of the molecule is Cn1cc2ccc(C(=O)N3CC[C@@H](NC(=O)c4ccccc4OC(F)(F)F)[C@@H](c4ccccc4)C3)cc2n1. The van der Waals surface area contributed by atoms with Crippen LogP contribution >= 0.6 is 0 Å². The topological polar surface area (TPSA) is 76.5 Å². The number of benzene rings is 3. The number of para-hydroxylation sites is 1. The number of hydrogen-bond donors (Lipinski definition) is 1. The molecule has 3 aromatic carbocycles. The van der Waals surface area contributed by atoms with Crippen molar-refractivity contribution < 1.29 is 27.5 Å². The summed E-state index contributed by atoms with van der Waals surface area (Å²) in [5.41, 5.74) is 1.94. The van der Waals surface area contributed by atoms with Gasteiger partial charge in [-0.1, -0.05) is 48.5 Å². The van der Waals surface area contributed by atoms with Crippen LogP contribution in [0.2, 0.25) is 0 Å². The summed E-state index contributed by atoms with van der Waals surface area (Å²) < 4.78 is 44.4. The van der Waals surface area contributed by atoms with Crippen molar-refractivity contribution >= 4 is 22.7 Å². The van der Waals surface area contributed by atoms with E-state index in [9.17, 15) is 22.8 Å². The maximum Gasteiger partial charge on any atom is 0.573 e. The number of aryl methyl sites for hydroxylation is 1. The van der Waals surface area contributed by atoms with Gasteiger partial charge < -0.3 is 15.0 Å². The number of piperidine rings is 1. The number of halogens is 3. The van der Waals surface area contributed by atoms with Crippen molar-refractivity contribution in [1.82, 2.24) is 20.0 Å². The molecule has 2 atom stereocenters. The highest BCUT2D eigenvalue weighted by atomic mass is 19.4. The first-order valence-electron chi connectivity index (χ1n) is 12.1. The van der Waals surface area contributed by atoms with Crippen molar-refractivity contribution in [2.45, 2.75) is 24.7 Å². The van der Waals surface area contributed by atoms with Crippen LogP contribution in [0.25, 0.3) is 10.9 Å². The molecule has 1 N–H and O–H groups in total. The Labute approximate surface area is 216 Å². The molecule has 0 bridgehead atoms. The van der Waals surface area contributed by atoms with Gasteiger partial charge in [-0.3, -0.25) is 14.3 Å². The summed E-state index contributed by atoms with van der Waals surface area (Å²) in [5, 5.41) is 8.22. The molecule has 0 spiro atoms. The Kier molecular flexibility index (Phi) is 6.79. The van der Waals surface area contributed by atoms with Crippen molar-refractivity contribution in [3.05, 3.63) is 95.7 Å². The lowest BCUT2D eigenvalue weighted by Crippen LogP contribution is -2.51. The van der Waals surface area contributed by atoms with E-state index in [-0.39, 0.29) is 17.4 Å². The standard InChI is InChI=1S/C28H25F3N4O3/c1-34-16-20-12-11-19(15-24(20)33-34)27(37)35-14-13-23(22(17-35)18-7-3-2-4-8-18)32-26(36)21-9-5-6-10-25(21)38-28(29,30)31/h2-12,15-16,22-23H,13-14,17H2,1H3,(H,32,36)/t22-,23-/m1/s1. The molecule has 0 radical (unpaired) electrons. The number of alkyl halides is 3. The van der Waals surface area contributed by atoms with E-state index < -0.39 is 24.1 Å². The molecule has 5 rings (SSSR count). The first-order chi connectivity index (χ1) is 18.2. The number of amides is 2. The van der Waals surface area contributed by atoms with Crippen LogP contribution in [0.4, 0.5) is 13.2 Å². The predicted octanol–water partition coefficient (Wildman–Crippen LogP) is 4.90. The summed E-state index contributed by atoms with van der Waals surface area (Å²) in [7, 11) is 1.82. The summed E-state index contributed by atoms with van der Waals surface area (Å²) in [5.74, 6) is -1.65. The van der Waals surface area contributed by atoms with Crippen molar-refractivity contribution in [3.63, 3.8) is 0 Å². The maximum absolute atomic E-state index is 13.4. The molecule has 10 heteroatoms. The molecule has 1 saturated heterocycles. The normalized spacial score (nSPS) is 17.8. The van der Waals surface area contributed by atoms with E-state index in [2.05, 4.69) is 15.2 Å². The number of carbonyl (C=O) groups is 2. The lowest BCUT2D eigenvalue weighted by Gasteiger charge is -2.39. The van der Waals surface area contributed by atoms with E-state index in [0.717, 1.165) is 22.5 Å². The van der Waals surface area contributed by atoms with Gasteiger partial charge in [0.25, 0.3) is 11.8 Å². The fourth-order valence-corrected chi connectivity index (χ4v) is 4.92. The van der Waals surface area contributed by atoms with Crippen LogP contribution in [-0.2, 0) is 7.05 Å². The molecule has 7 nitrogen and oxygen atoms in total. The van der Waals surface area contributed by atoms with Crippen LogP contribution in [0, 0.1) is 0 Å². The largest absolute Gasteiger partial charge is 0.573 e. The molecule has 1 aliphatic heterocycles. The Hall–Kier alpha value is -4.34. The summed E-state index contributed by atoms with van der Waals surface area (Å²) in [6.07, 6.45) is -2.63. The second kappa shape index (κ2) is 10.2. The molecule has 0 saturated carbocycles. The third kappa shape index (κ3) is 5.49. The highest BCUT2D eigenvalue weighted by Gasteiger charge is 2.36. The first-order valence-corrected chi connectivity index (χ1v) is 12.1. The lowest BCUT2D eigenvalue weighted by atomic mass is 9.85. The number of ether oxygens (including phenoxy) is 1. The number of rotatable bonds is 5. The van der Waals surface area contributed by atoms with Gasteiger partial charge in [-0.15, -0.1) is 13.2 Å². The molecule has 1 fully saturated rings. The molecule has 196 valence electrons. The van der Waals surface area contributed by atoms with Crippen LogP contribution in [0.15, 0.2) is 79.0 Å². The van der Waals surface area contributed by atoms with Gasteiger partial charge in [-0.2, -0.15) is 5.10 Å². The van der Waals surface area contributed by atoms with Gasteiger partial charge in [0.1, 0.15) is 5.75 Å². The monoisotopic (exact) mass is 522 g/mol. The summed E-state index contributed by atoms with van der Waals surface area (Å²) >= 11 is 0. The zero-order valence-electron chi connectivity index (χ0n) is 20.5. The van der Waals surface area contributed by atoms with Gasteiger partial charge in [0.2, 0.25) is 0 Å². The van der Waals surface area contributed by atoms with E-state index in [1.54, 1.807) is 21.7 Å². The quantitative estimate of drug-likeness (QED) is 0.405. The minimum absolute atomic E-state index is 0.146. The molecular formula is C28H25F3N4O3. The average molecular weight is 523 g/mol. The smallest absolute Gasteiger partial charge is 0.405 e. The molecule has 1 aliphatic rings. The first kappa shape index (κ1) is 25.3. The van der Waals surface area contributed by atoms with E-state index >= 15 is 0 Å². The predicted molar refractivity (Wildman–Crippen MR) is 135 cm³/mol. The Morgan fingerprint density at radius 2 is 1.76 bits per heavy atom. The molecule has 0 unspecified atom stereocenters. The summed E-state index contributed by atoms with van der Waals surface area (Å²) in [6, 6.07) is 19.7. The van der Waals surface area contributed by atoms with Crippen molar-refractivity contribution in [2.24, 2.45) is 7.05 Å². The zero-order valence-corrected chi connectivity index (χ0v) is 20.5. The molecular weight excluding hydrogens is 497 g/mol. The van der Waals surface area contributed by atoms with Crippen LogP contribution in [0.1, 0.15) is 38.6 Å². The molecule has 4 aromatic rings. The summed E-state index contributed by atoms with van der Waals surface area (Å²) in [6.45, 7) is 0.697. The number of likely N-dealkylation sites (tertiary alicyclic amines) is 1. The molecule has 2 heterocycles. The van der Waals surface area contributed by atoms with E-state index in [1.165, 1.54) is 18.2 Å².